The topological polar surface area (TPSA) is 63.7 Å². The molecule has 1 heterocycles. The number of hydrogen-bond donors (Lipinski definition) is 1. The van der Waals surface area contributed by atoms with Gasteiger partial charge in [0.15, 0.2) is 28.3 Å². The highest BCUT2D eigenvalue weighted by atomic mass is 32.1. The van der Waals surface area contributed by atoms with Crippen molar-refractivity contribution in [3.63, 3.8) is 0 Å². The molecule has 9 heteroatoms. The lowest BCUT2D eigenvalue weighted by Crippen LogP contribution is -2.32. The molecule has 3 rings (SSSR count). The normalized spacial score (nSPS) is 10.9. The molecule has 2 aromatic carbocycles. The van der Waals surface area contributed by atoms with Crippen molar-refractivity contribution >= 4 is 22.4 Å². The Kier molecular flexibility index (Phi) is 7.54. The van der Waals surface area contributed by atoms with Gasteiger partial charge in [0.1, 0.15) is 0 Å². The highest BCUT2D eigenvalue weighted by Crippen LogP contribution is 2.28. The number of ether oxygens (including phenoxy) is 2. The molecule has 0 fully saturated rings. The summed E-state index contributed by atoms with van der Waals surface area (Å²) < 4.78 is 37.1. The summed E-state index contributed by atoms with van der Waals surface area (Å²) in [5.41, 5.74) is 1.90. The van der Waals surface area contributed by atoms with Gasteiger partial charge in [-0.05, 0) is 42.4 Å². The van der Waals surface area contributed by atoms with Crippen LogP contribution < -0.4 is 14.8 Å². The number of methoxy groups -OCH3 is 2. The van der Waals surface area contributed by atoms with Crippen LogP contribution in [-0.2, 0) is 11.3 Å². The SMILES string of the molecule is CCN(CC(=O)Nc1nc(-c2ccc(F)c(F)c2)cs1)Cc1ccc(OC)c(OC)c1. The second-order valence-corrected chi connectivity index (χ2v) is 7.57. The van der Waals surface area contributed by atoms with Crippen molar-refractivity contribution in [3.05, 3.63) is 59.0 Å². The average Bonchev–Trinajstić information content (AvgIpc) is 3.23. The van der Waals surface area contributed by atoms with Crippen LogP contribution in [0.25, 0.3) is 11.3 Å². The van der Waals surface area contributed by atoms with Crippen molar-refractivity contribution < 1.29 is 23.0 Å². The molecule has 0 atom stereocenters. The molecule has 1 aromatic heterocycles. The summed E-state index contributed by atoms with van der Waals surface area (Å²) in [6, 6.07) is 9.22. The zero-order valence-electron chi connectivity index (χ0n) is 17.4. The van der Waals surface area contributed by atoms with Crippen LogP contribution in [0.4, 0.5) is 13.9 Å². The largest absolute Gasteiger partial charge is 0.493 e. The molecule has 3 aromatic rings. The number of anilines is 1. The number of thiazole rings is 1. The molecule has 1 N–H and O–H groups in total. The maximum atomic E-state index is 13.4. The van der Waals surface area contributed by atoms with Crippen molar-refractivity contribution in [1.82, 2.24) is 9.88 Å². The summed E-state index contributed by atoms with van der Waals surface area (Å²) in [6.07, 6.45) is 0. The van der Waals surface area contributed by atoms with E-state index in [1.54, 1.807) is 19.6 Å². The number of nitrogens with one attached hydrogen (secondary N) is 1. The molecule has 0 aliphatic rings. The molecule has 6 nitrogen and oxygen atoms in total. The first-order chi connectivity index (χ1) is 14.9. The predicted octanol–water partition coefficient (Wildman–Crippen LogP) is 4.57. The lowest BCUT2D eigenvalue weighted by atomic mass is 10.2. The van der Waals surface area contributed by atoms with E-state index in [9.17, 15) is 13.6 Å². The minimum Gasteiger partial charge on any atom is -0.493 e. The number of amides is 1. The smallest absolute Gasteiger partial charge is 0.240 e. The summed E-state index contributed by atoms with van der Waals surface area (Å²) in [6.45, 7) is 3.37. The molecule has 0 spiro atoms. The lowest BCUT2D eigenvalue weighted by Gasteiger charge is -2.20. The van der Waals surface area contributed by atoms with Gasteiger partial charge in [0, 0.05) is 17.5 Å². The summed E-state index contributed by atoms with van der Waals surface area (Å²) in [4.78, 5) is 18.8. The fraction of sp³-hybridized carbons (Fsp3) is 0.273. The molecule has 0 saturated heterocycles. The number of hydrogen-bond acceptors (Lipinski definition) is 6. The quantitative estimate of drug-likeness (QED) is 0.521. The van der Waals surface area contributed by atoms with Crippen LogP contribution in [0.1, 0.15) is 12.5 Å². The Bertz CT molecular complexity index is 1060. The van der Waals surface area contributed by atoms with Gasteiger partial charge in [0.2, 0.25) is 5.91 Å². The van der Waals surface area contributed by atoms with Crippen molar-refractivity contribution in [2.75, 3.05) is 32.6 Å². The van der Waals surface area contributed by atoms with Gasteiger partial charge in [-0.25, -0.2) is 13.8 Å². The standard InChI is InChI=1S/C22H23F2N3O3S/c1-4-27(11-14-5-8-19(29-2)20(9-14)30-3)12-21(28)26-22-25-18(13-31-22)15-6-7-16(23)17(24)10-15/h5-10,13H,4,11-12H2,1-3H3,(H,25,26,28). The Balaban J connectivity index is 1.61. The summed E-state index contributed by atoms with van der Waals surface area (Å²) in [5.74, 6) is -0.791. The summed E-state index contributed by atoms with van der Waals surface area (Å²) in [5, 5.41) is 4.84. The van der Waals surface area contributed by atoms with E-state index in [1.165, 1.54) is 17.4 Å². The second-order valence-electron chi connectivity index (χ2n) is 6.71. The first-order valence-corrected chi connectivity index (χ1v) is 10.5. The third kappa shape index (κ3) is 5.77. The first-order valence-electron chi connectivity index (χ1n) is 9.57. The monoisotopic (exact) mass is 447 g/mol. The Morgan fingerprint density at radius 1 is 1.10 bits per heavy atom. The zero-order valence-corrected chi connectivity index (χ0v) is 18.3. The first kappa shape index (κ1) is 22.6. The maximum absolute atomic E-state index is 13.4. The van der Waals surface area contributed by atoms with E-state index in [-0.39, 0.29) is 12.5 Å². The molecule has 0 radical (unpaired) electrons. The second kappa shape index (κ2) is 10.3. The Hall–Kier alpha value is -3.04. The highest BCUT2D eigenvalue weighted by molar-refractivity contribution is 7.14. The van der Waals surface area contributed by atoms with Gasteiger partial charge in [-0.3, -0.25) is 9.69 Å². The van der Waals surface area contributed by atoms with Gasteiger partial charge in [-0.1, -0.05) is 13.0 Å². The fourth-order valence-corrected chi connectivity index (χ4v) is 3.73. The third-order valence-corrected chi connectivity index (χ3v) is 5.39. The summed E-state index contributed by atoms with van der Waals surface area (Å²) in [7, 11) is 3.16. The van der Waals surface area contributed by atoms with E-state index in [4.69, 9.17) is 9.47 Å². The minimum atomic E-state index is -0.940. The van der Waals surface area contributed by atoms with Crippen molar-refractivity contribution in [1.29, 1.82) is 0 Å². The predicted molar refractivity (Wildman–Crippen MR) is 117 cm³/mol. The van der Waals surface area contributed by atoms with Gasteiger partial charge in [0.05, 0.1) is 26.5 Å². The number of carbonyl (C=O) groups is 1. The van der Waals surface area contributed by atoms with Crippen LogP contribution >= 0.6 is 11.3 Å². The third-order valence-electron chi connectivity index (χ3n) is 4.63. The number of carbonyl (C=O) groups excluding carboxylic acids is 1. The van der Waals surface area contributed by atoms with Crippen LogP contribution in [0.2, 0.25) is 0 Å². The number of likely N-dealkylation sites (N-methyl/N-ethyl adjacent to an activating group) is 1. The number of halogens is 2. The molecule has 0 saturated carbocycles. The maximum Gasteiger partial charge on any atom is 0.240 e. The lowest BCUT2D eigenvalue weighted by molar-refractivity contribution is -0.117. The number of benzene rings is 2. The molecule has 0 aliphatic heterocycles. The van der Waals surface area contributed by atoms with Crippen LogP contribution in [0.15, 0.2) is 41.8 Å². The molecule has 0 aliphatic carbocycles. The molecular formula is C22H23F2N3O3S. The van der Waals surface area contributed by atoms with Crippen molar-refractivity contribution in [2.45, 2.75) is 13.5 Å². The van der Waals surface area contributed by atoms with Gasteiger partial charge < -0.3 is 14.8 Å². The molecular weight excluding hydrogens is 424 g/mol. The van der Waals surface area contributed by atoms with Gasteiger partial charge in [-0.15, -0.1) is 11.3 Å². The minimum absolute atomic E-state index is 0.172. The number of nitrogens with zero attached hydrogens (tertiary/aromatic N) is 2. The van der Waals surface area contributed by atoms with E-state index in [0.717, 1.165) is 17.7 Å². The van der Waals surface area contributed by atoms with E-state index >= 15 is 0 Å². The molecule has 1 amide bonds. The Morgan fingerprint density at radius 2 is 1.87 bits per heavy atom. The van der Waals surface area contributed by atoms with Crippen LogP contribution in [-0.4, -0.2) is 43.1 Å². The molecule has 0 unspecified atom stereocenters. The fourth-order valence-electron chi connectivity index (χ4n) is 3.00. The van der Waals surface area contributed by atoms with Crippen LogP contribution in [0, 0.1) is 11.6 Å². The Labute approximate surface area is 183 Å². The highest BCUT2D eigenvalue weighted by Gasteiger charge is 2.14. The van der Waals surface area contributed by atoms with Gasteiger partial charge >= 0.3 is 0 Å². The van der Waals surface area contributed by atoms with Gasteiger partial charge in [-0.2, -0.15) is 0 Å². The molecule has 31 heavy (non-hydrogen) atoms. The van der Waals surface area contributed by atoms with Crippen LogP contribution in [0.5, 0.6) is 11.5 Å². The van der Waals surface area contributed by atoms with Gasteiger partial charge in [0.25, 0.3) is 0 Å². The number of rotatable bonds is 9. The van der Waals surface area contributed by atoms with E-state index in [2.05, 4.69) is 10.3 Å². The molecule has 164 valence electrons. The van der Waals surface area contributed by atoms with E-state index < -0.39 is 11.6 Å². The average molecular weight is 448 g/mol. The van der Waals surface area contributed by atoms with Crippen molar-refractivity contribution in [2.24, 2.45) is 0 Å². The van der Waals surface area contributed by atoms with Crippen LogP contribution in [0.3, 0.4) is 0 Å². The zero-order chi connectivity index (χ0) is 22.4. The number of aromatic nitrogens is 1. The van der Waals surface area contributed by atoms with E-state index in [1.807, 2.05) is 30.0 Å². The summed E-state index contributed by atoms with van der Waals surface area (Å²) >= 11 is 1.22. The van der Waals surface area contributed by atoms with Crippen molar-refractivity contribution in [3.8, 4) is 22.8 Å². The molecule has 0 bridgehead atoms. The van der Waals surface area contributed by atoms with E-state index in [0.29, 0.717) is 41.0 Å². The Morgan fingerprint density at radius 3 is 2.55 bits per heavy atom.